The van der Waals surface area contributed by atoms with Gasteiger partial charge in [0.25, 0.3) is 5.91 Å². The largest absolute Gasteiger partial charge is 0.392 e. The Morgan fingerprint density at radius 3 is 2.50 bits per heavy atom. The maximum Gasteiger partial charge on any atom is 0.253 e. The molecule has 6 aromatic rings. The van der Waals surface area contributed by atoms with E-state index < -0.39 is 6.29 Å². The van der Waals surface area contributed by atoms with E-state index in [9.17, 15) is 9.90 Å². The van der Waals surface area contributed by atoms with Crippen LogP contribution < -0.4 is 5.32 Å². The van der Waals surface area contributed by atoms with Crippen molar-refractivity contribution >= 4 is 16.9 Å². The fraction of sp³-hybridized carbons (Fsp3) is 0.184. The van der Waals surface area contributed by atoms with Crippen LogP contribution >= 0.6 is 0 Å². The maximum atomic E-state index is 12.5. The normalized spacial score (nSPS) is 18.0. The van der Waals surface area contributed by atoms with Gasteiger partial charge in [0.15, 0.2) is 6.29 Å². The number of benzene rings is 4. The minimum atomic E-state index is -0.585. The zero-order chi connectivity index (χ0) is 31.3. The Balaban J connectivity index is 1.13. The van der Waals surface area contributed by atoms with Crippen molar-refractivity contribution in [3.05, 3.63) is 156 Å². The fourth-order valence-electron chi connectivity index (χ4n) is 5.92. The van der Waals surface area contributed by atoms with Crippen molar-refractivity contribution in [1.29, 1.82) is 0 Å². The smallest absolute Gasteiger partial charge is 0.253 e. The molecule has 2 N–H and O–H groups in total. The van der Waals surface area contributed by atoms with Gasteiger partial charge in [-0.25, -0.2) is 4.98 Å². The Morgan fingerprint density at radius 2 is 1.67 bits per heavy atom. The molecule has 46 heavy (non-hydrogen) atoms. The van der Waals surface area contributed by atoms with Crippen molar-refractivity contribution in [3.63, 3.8) is 0 Å². The van der Waals surface area contributed by atoms with E-state index in [0.29, 0.717) is 25.1 Å². The lowest BCUT2D eigenvalue weighted by molar-refractivity contribution is -0.252. The third kappa shape index (κ3) is 6.60. The molecule has 1 saturated heterocycles. The third-order valence-electron chi connectivity index (χ3n) is 8.34. The molecular formula is C38H34N4O4. The summed E-state index contributed by atoms with van der Waals surface area (Å²) in [4.78, 5) is 21.2. The van der Waals surface area contributed by atoms with Crippen LogP contribution in [-0.4, -0.2) is 31.7 Å². The summed E-state index contributed by atoms with van der Waals surface area (Å²) in [5.41, 5.74) is 8.42. The zero-order valence-corrected chi connectivity index (χ0v) is 25.2. The van der Waals surface area contributed by atoms with Crippen LogP contribution in [0, 0.1) is 0 Å². The lowest BCUT2D eigenvalue weighted by Crippen LogP contribution is -2.32. The lowest BCUT2D eigenvalue weighted by atomic mass is 9.98. The van der Waals surface area contributed by atoms with E-state index in [-0.39, 0.29) is 24.7 Å². The Bertz CT molecular complexity index is 1940. The number of nitrogens with one attached hydrogen (secondary N) is 1. The first-order valence-electron chi connectivity index (χ1n) is 15.4. The lowest BCUT2D eigenvalue weighted by Gasteiger charge is -2.36. The van der Waals surface area contributed by atoms with Crippen molar-refractivity contribution in [3.8, 4) is 11.1 Å². The van der Waals surface area contributed by atoms with Crippen molar-refractivity contribution in [2.75, 3.05) is 0 Å². The molecule has 1 fully saturated rings. The molecule has 1 amide bonds. The number of ether oxygens (including phenoxy) is 2. The first-order chi connectivity index (χ1) is 22.6. The minimum Gasteiger partial charge on any atom is -0.392 e. The SMILES string of the molecule is O=C(NCc1cccc(-c2cccc([C@H]3O[C@@H](Cn4cnc5ccccc54)C[C@@H](c4ccc(CO)cc4)O3)c2)c1)c1cccnc1. The summed E-state index contributed by atoms with van der Waals surface area (Å²) in [6.07, 6.45) is 4.84. The third-order valence-corrected chi connectivity index (χ3v) is 8.34. The number of pyridine rings is 1. The molecule has 1 aliphatic rings. The van der Waals surface area contributed by atoms with E-state index >= 15 is 0 Å². The molecule has 0 aliphatic carbocycles. The number of aromatic nitrogens is 3. The van der Waals surface area contributed by atoms with Crippen molar-refractivity contribution in [2.24, 2.45) is 0 Å². The van der Waals surface area contributed by atoms with Crippen LogP contribution in [0.2, 0.25) is 0 Å². The molecule has 0 radical (unpaired) electrons. The molecule has 0 unspecified atom stereocenters. The van der Waals surface area contributed by atoms with Crippen LogP contribution in [0.5, 0.6) is 0 Å². The number of aliphatic hydroxyl groups is 1. The Hall–Kier alpha value is -5.15. The first kappa shape index (κ1) is 29.6. The summed E-state index contributed by atoms with van der Waals surface area (Å²) >= 11 is 0. The van der Waals surface area contributed by atoms with Gasteiger partial charge in [0, 0.05) is 30.9 Å². The topological polar surface area (TPSA) is 98.5 Å². The first-order valence-corrected chi connectivity index (χ1v) is 15.4. The number of carbonyl (C=O) groups is 1. The van der Waals surface area contributed by atoms with Gasteiger partial charge in [-0.1, -0.05) is 72.8 Å². The monoisotopic (exact) mass is 610 g/mol. The second-order valence-electron chi connectivity index (χ2n) is 11.5. The average Bonchev–Trinajstić information content (AvgIpc) is 3.53. The van der Waals surface area contributed by atoms with Crippen LogP contribution in [-0.2, 0) is 29.2 Å². The van der Waals surface area contributed by atoms with Crippen LogP contribution in [0.4, 0.5) is 0 Å². The average molecular weight is 611 g/mol. The summed E-state index contributed by atoms with van der Waals surface area (Å²) in [5, 5.41) is 12.5. The van der Waals surface area contributed by atoms with E-state index in [1.54, 1.807) is 24.5 Å². The summed E-state index contributed by atoms with van der Waals surface area (Å²) in [7, 11) is 0. The van der Waals surface area contributed by atoms with Crippen LogP contribution in [0.15, 0.2) is 128 Å². The molecule has 1 aliphatic heterocycles. The van der Waals surface area contributed by atoms with Crippen LogP contribution in [0.25, 0.3) is 22.2 Å². The highest BCUT2D eigenvalue weighted by molar-refractivity contribution is 5.93. The van der Waals surface area contributed by atoms with Gasteiger partial charge in [-0.3, -0.25) is 9.78 Å². The summed E-state index contributed by atoms with van der Waals surface area (Å²) in [6, 6.07) is 35.9. The van der Waals surface area contributed by atoms with Gasteiger partial charge >= 0.3 is 0 Å². The Kier molecular flexibility index (Phi) is 8.65. The summed E-state index contributed by atoms with van der Waals surface area (Å²) in [5.74, 6) is -0.161. The fourth-order valence-corrected chi connectivity index (χ4v) is 5.92. The quantitative estimate of drug-likeness (QED) is 0.188. The summed E-state index contributed by atoms with van der Waals surface area (Å²) in [6.45, 7) is 1.04. The highest BCUT2D eigenvalue weighted by Gasteiger charge is 2.33. The van der Waals surface area contributed by atoms with Gasteiger partial charge in [-0.05, 0) is 64.2 Å². The van der Waals surface area contributed by atoms with Gasteiger partial charge < -0.3 is 24.5 Å². The van der Waals surface area contributed by atoms with Gasteiger partial charge in [-0.15, -0.1) is 0 Å². The number of hydrogen-bond donors (Lipinski definition) is 2. The maximum absolute atomic E-state index is 12.5. The molecular weight excluding hydrogens is 576 g/mol. The number of para-hydroxylation sites is 2. The molecule has 2 aromatic heterocycles. The number of fused-ring (bicyclic) bond motifs is 1. The molecule has 0 bridgehead atoms. The molecule has 8 heteroatoms. The van der Waals surface area contributed by atoms with E-state index in [1.165, 1.54) is 0 Å². The van der Waals surface area contributed by atoms with Crippen LogP contribution in [0.3, 0.4) is 0 Å². The number of hydrogen-bond acceptors (Lipinski definition) is 6. The number of rotatable bonds is 9. The number of amides is 1. The molecule has 0 saturated carbocycles. The van der Waals surface area contributed by atoms with Crippen molar-refractivity contribution in [2.45, 2.75) is 44.6 Å². The molecule has 3 atom stereocenters. The van der Waals surface area contributed by atoms with E-state index in [4.69, 9.17) is 9.47 Å². The second kappa shape index (κ2) is 13.5. The van der Waals surface area contributed by atoms with Gasteiger partial charge in [0.1, 0.15) is 0 Å². The molecule has 230 valence electrons. The second-order valence-corrected chi connectivity index (χ2v) is 11.5. The number of imidazole rings is 1. The molecule has 0 spiro atoms. The van der Waals surface area contributed by atoms with Gasteiger partial charge in [-0.2, -0.15) is 0 Å². The number of carbonyl (C=O) groups excluding carboxylic acids is 1. The van der Waals surface area contributed by atoms with Gasteiger partial charge in [0.2, 0.25) is 0 Å². The Labute approximate surface area is 267 Å². The zero-order valence-electron chi connectivity index (χ0n) is 25.2. The number of nitrogens with zero attached hydrogens (tertiary/aromatic N) is 3. The predicted octanol–water partition coefficient (Wildman–Crippen LogP) is 6.77. The standard InChI is InChI=1S/C38H34N4O4/c43-24-26-13-15-28(16-14-26)36-20-33(23-42-25-41-34-11-1-2-12-35(34)42)45-38(46-36)31-9-4-8-30(19-31)29-7-3-6-27(18-29)21-40-37(44)32-10-5-17-39-22-32/h1-19,22,25,33,36,38,43H,20-21,23-24H2,(H,40,44)/t33-,36+,38+/m1/s1. The van der Waals surface area contributed by atoms with E-state index in [0.717, 1.165) is 44.4 Å². The number of aliphatic hydroxyl groups excluding tert-OH is 1. The Morgan fingerprint density at radius 1 is 0.848 bits per heavy atom. The summed E-state index contributed by atoms with van der Waals surface area (Å²) < 4.78 is 15.4. The molecule has 8 nitrogen and oxygen atoms in total. The van der Waals surface area contributed by atoms with Gasteiger partial charge in [0.05, 0.1) is 48.3 Å². The minimum absolute atomic E-state index is 0.00125. The van der Waals surface area contributed by atoms with Crippen molar-refractivity contribution < 1.29 is 19.4 Å². The molecule has 4 aromatic carbocycles. The van der Waals surface area contributed by atoms with E-state index in [1.807, 2.05) is 73.1 Å². The van der Waals surface area contributed by atoms with E-state index in [2.05, 4.69) is 50.2 Å². The van der Waals surface area contributed by atoms with Crippen molar-refractivity contribution in [1.82, 2.24) is 19.9 Å². The predicted molar refractivity (Wildman–Crippen MR) is 175 cm³/mol. The highest BCUT2D eigenvalue weighted by Crippen LogP contribution is 2.39. The molecule has 7 rings (SSSR count). The molecule has 3 heterocycles. The van der Waals surface area contributed by atoms with Crippen LogP contribution in [0.1, 0.15) is 51.4 Å². The highest BCUT2D eigenvalue weighted by atomic mass is 16.7.